The molecule has 0 aliphatic carbocycles. The van der Waals surface area contributed by atoms with Gasteiger partial charge in [0.1, 0.15) is 10.6 Å². The van der Waals surface area contributed by atoms with Gasteiger partial charge in [-0.05, 0) is 49.6 Å². The van der Waals surface area contributed by atoms with Gasteiger partial charge in [-0.15, -0.1) is 0 Å². The first kappa shape index (κ1) is 15.6. The smallest absolute Gasteiger partial charge is 0.339 e. The van der Waals surface area contributed by atoms with Gasteiger partial charge in [0, 0.05) is 0 Å². The molecule has 0 saturated carbocycles. The molecular weight excluding hydrogens is 284 g/mol. The van der Waals surface area contributed by atoms with Crippen LogP contribution < -0.4 is 4.18 Å². The molecule has 3 nitrogen and oxygen atoms in total. The molecule has 2 aromatic carbocycles. The number of benzene rings is 2. The normalized spacial score (nSPS) is 11.4. The SMILES string of the molecule is CCCc1ccc(OS(=O)(=O)c2ccc(C)cc2)c(C)c1. The average Bonchev–Trinajstić information content (AvgIpc) is 2.42. The number of hydrogen-bond donors (Lipinski definition) is 0. The highest BCUT2D eigenvalue weighted by Gasteiger charge is 2.17. The van der Waals surface area contributed by atoms with E-state index in [9.17, 15) is 8.42 Å². The Bertz CT molecular complexity index is 716. The van der Waals surface area contributed by atoms with Crippen LogP contribution in [0.1, 0.15) is 30.0 Å². The number of rotatable bonds is 5. The first-order valence-electron chi connectivity index (χ1n) is 7.03. The summed E-state index contributed by atoms with van der Waals surface area (Å²) in [6.45, 7) is 5.88. The Morgan fingerprint density at radius 2 is 1.67 bits per heavy atom. The topological polar surface area (TPSA) is 43.4 Å². The van der Waals surface area contributed by atoms with Crippen molar-refractivity contribution in [3.63, 3.8) is 0 Å². The maximum absolute atomic E-state index is 12.3. The lowest BCUT2D eigenvalue weighted by atomic mass is 10.1. The van der Waals surface area contributed by atoms with Gasteiger partial charge in [-0.3, -0.25) is 0 Å². The van der Waals surface area contributed by atoms with Gasteiger partial charge in [0.2, 0.25) is 0 Å². The highest BCUT2D eigenvalue weighted by Crippen LogP contribution is 2.24. The van der Waals surface area contributed by atoms with E-state index >= 15 is 0 Å². The van der Waals surface area contributed by atoms with Crippen LogP contribution in [0.5, 0.6) is 5.75 Å². The van der Waals surface area contributed by atoms with Gasteiger partial charge < -0.3 is 4.18 Å². The molecule has 0 heterocycles. The summed E-state index contributed by atoms with van der Waals surface area (Å²) in [6.07, 6.45) is 2.03. The van der Waals surface area contributed by atoms with Gasteiger partial charge in [0.25, 0.3) is 0 Å². The van der Waals surface area contributed by atoms with Gasteiger partial charge in [-0.25, -0.2) is 0 Å². The predicted octanol–water partition coefficient (Wildman–Crippen LogP) is 4.02. The molecule has 112 valence electrons. The van der Waals surface area contributed by atoms with Crippen molar-refractivity contribution in [1.82, 2.24) is 0 Å². The first-order valence-corrected chi connectivity index (χ1v) is 8.44. The summed E-state index contributed by atoms with van der Waals surface area (Å²) in [5.41, 5.74) is 3.03. The minimum atomic E-state index is -3.78. The second kappa shape index (κ2) is 6.31. The highest BCUT2D eigenvalue weighted by atomic mass is 32.2. The van der Waals surface area contributed by atoms with Crippen molar-refractivity contribution in [2.45, 2.75) is 38.5 Å². The van der Waals surface area contributed by atoms with Crippen molar-refractivity contribution in [1.29, 1.82) is 0 Å². The molecular formula is C17H20O3S. The highest BCUT2D eigenvalue weighted by molar-refractivity contribution is 7.87. The second-order valence-corrected chi connectivity index (χ2v) is 6.75. The molecule has 0 spiro atoms. The van der Waals surface area contributed by atoms with Gasteiger partial charge in [-0.2, -0.15) is 8.42 Å². The molecule has 2 rings (SSSR count). The van der Waals surface area contributed by atoms with Crippen LogP contribution in [-0.2, 0) is 16.5 Å². The predicted molar refractivity (Wildman–Crippen MR) is 84.2 cm³/mol. The summed E-state index contributed by atoms with van der Waals surface area (Å²) in [7, 11) is -3.78. The van der Waals surface area contributed by atoms with Crippen LogP contribution in [0, 0.1) is 13.8 Å². The summed E-state index contributed by atoms with van der Waals surface area (Å²) in [6, 6.07) is 12.3. The maximum atomic E-state index is 12.3. The molecule has 0 unspecified atom stereocenters. The molecule has 0 fully saturated rings. The van der Waals surface area contributed by atoms with Crippen molar-refractivity contribution in [2.75, 3.05) is 0 Å². The molecule has 0 saturated heterocycles. The molecule has 0 aromatic heterocycles. The van der Waals surface area contributed by atoms with Crippen molar-refractivity contribution in [3.8, 4) is 5.75 Å². The standard InChI is InChI=1S/C17H20O3S/c1-4-5-15-8-11-17(14(3)12-15)20-21(18,19)16-9-6-13(2)7-10-16/h6-12H,4-5H2,1-3H3. The Hall–Kier alpha value is -1.81. The second-order valence-electron chi connectivity index (χ2n) is 5.20. The van der Waals surface area contributed by atoms with Gasteiger partial charge in [-0.1, -0.05) is 43.2 Å². The van der Waals surface area contributed by atoms with E-state index in [1.807, 2.05) is 26.0 Å². The number of aryl methyl sites for hydroxylation is 3. The van der Waals surface area contributed by atoms with Gasteiger partial charge in [0.15, 0.2) is 0 Å². The molecule has 0 atom stereocenters. The quantitative estimate of drug-likeness (QED) is 0.783. The van der Waals surface area contributed by atoms with E-state index in [0.29, 0.717) is 5.75 Å². The fraction of sp³-hybridized carbons (Fsp3) is 0.294. The molecule has 2 aromatic rings. The van der Waals surface area contributed by atoms with E-state index in [1.54, 1.807) is 30.3 Å². The van der Waals surface area contributed by atoms with Crippen LogP contribution in [0.25, 0.3) is 0 Å². The molecule has 0 N–H and O–H groups in total. The monoisotopic (exact) mass is 304 g/mol. The zero-order valence-electron chi connectivity index (χ0n) is 12.6. The summed E-state index contributed by atoms with van der Waals surface area (Å²) >= 11 is 0. The van der Waals surface area contributed by atoms with Crippen molar-refractivity contribution in [3.05, 3.63) is 59.2 Å². The van der Waals surface area contributed by atoms with Gasteiger partial charge in [0.05, 0.1) is 0 Å². The molecule has 0 radical (unpaired) electrons. The Balaban J connectivity index is 2.26. The Morgan fingerprint density at radius 1 is 1.00 bits per heavy atom. The first-order chi connectivity index (χ1) is 9.92. The summed E-state index contributed by atoms with van der Waals surface area (Å²) in [5, 5.41) is 0. The molecule has 0 aliphatic rings. The molecule has 0 amide bonds. The van der Waals surface area contributed by atoms with E-state index in [0.717, 1.165) is 24.0 Å². The van der Waals surface area contributed by atoms with Crippen LogP contribution in [0.4, 0.5) is 0 Å². The maximum Gasteiger partial charge on any atom is 0.339 e. The van der Waals surface area contributed by atoms with E-state index in [1.165, 1.54) is 5.56 Å². The van der Waals surface area contributed by atoms with Crippen molar-refractivity contribution >= 4 is 10.1 Å². The number of hydrogen-bond acceptors (Lipinski definition) is 3. The lowest BCUT2D eigenvalue weighted by Crippen LogP contribution is -2.10. The van der Waals surface area contributed by atoms with Crippen LogP contribution >= 0.6 is 0 Å². The van der Waals surface area contributed by atoms with Crippen LogP contribution in [0.2, 0.25) is 0 Å². The molecule has 0 bridgehead atoms. The largest absolute Gasteiger partial charge is 0.379 e. The Kier molecular flexibility index (Phi) is 4.68. The average molecular weight is 304 g/mol. The minimum absolute atomic E-state index is 0.171. The van der Waals surface area contributed by atoms with Gasteiger partial charge >= 0.3 is 10.1 Å². The fourth-order valence-corrected chi connectivity index (χ4v) is 3.11. The van der Waals surface area contributed by atoms with Crippen molar-refractivity contribution in [2.24, 2.45) is 0 Å². The summed E-state index contributed by atoms with van der Waals surface area (Å²) in [5.74, 6) is 0.385. The van der Waals surface area contributed by atoms with Crippen LogP contribution in [0.3, 0.4) is 0 Å². The molecule has 0 aliphatic heterocycles. The lowest BCUT2D eigenvalue weighted by molar-refractivity contribution is 0.484. The lowest BCUT2D eigenvalue weighted by Gasteiger charge is -2.11. The third kappa shape index (κ3) is 3.85. The zero-order chi connectivity index (χ0) is 15.5. The molecule has 21 heavy (non-hydrogen) atoms. The van der Waals surface area contributed by atoms with E-state index in [4.69, 9.17) is 4.18 Å². The fourth-order valence-electron chi connectivity index (χ4n) is 2.12. The van der Waals surface area contributed by atoms with E-state index < -0.39 is 10.1 Å². The third-order valence-electron chi connectivity index (χ3n) is 3.29. The van der Waals surface area contributed by atoms with E-state index in [-0.39, 0.29) is 4.90 Å². The van der Waals surface area contributed by atoms with E-state index in [2.05, 4.69) is 6.92 Å². The Morgan fingerprint density at radius 3 is 2.24 bits per heavy atom. The zero-order valence-corrected chi connectivity index (χ0v) is 13.4. The minimum Gasteiger partial charge on any atom is -0.379 e. The van der Waals surface area contributed by atoms with Crippen LogP contribution in [-0.4, -0.2) is 8.42 Å². The molecule has 4 heteroatoms. The third-order valence-corrected chi connectivity index (χ3v) is 4.54. The summed E-state index contributed by atoms with van der Waals surface area (Å²) in [4.78, 5) is 0.171. The Labute approximate surface area is 126 Å². The summed E-state index contributed by atoms with van der Waals surface area (Å²) < 4.78 is 29.8. The van der Waals surface area contributed by atoms with Crippen molar-refractivity contribution < 1.29 is 12.6 Å². The van der Waals surface area contributed by atoms with Crippen LogP contribution in [0.15, 0.2) is 47.4 Å².